The van der Waals surface area contributed by atoms with E-state index in [4.69, 9.17) is 4.74 Å². The Balaban J connectivity index is 1.78. The second kappa shape index (κ2) is 11.5. The number of nitrogens with zero attached hydrogens (tertiary/aromatic N) is 2. The van der Waals surface area contributed by atoms with E-state index in [0.717, 1.165) is 26.6 Å². The molecule has 0 spiro atoms. The minimum Gasteiger partial charge on any atom is -0.490 e. The highest BCUT2D eigenvalue weighted by atomic mass is 32.2. The topological polar surface area (TPSA) is 88.1 Å². The first-order chi connectivity index (χ1) is 16.7. The third-order valence-electron chi connectivity index (χ3n) is 5.33. The smallest absolute Gasteiger partial charge is 0.264 e. The zero-order valence-electron chi connectivity index (χ0n) is 20.1. The lowest BCUT2D eigenvalue weighted by atomic mass is 10.1. The highest BCUT2D eigenvalue weighted by Crippen LogP contribution is 2.26. The number of anilines is 1. The van der Waals surface area contributed by atoms with Crippen LogP contribution >= 0.6 is 0 Å². The summed E-state index contributed by atoms with van der Waals surface area (Å²) in [5.41, 5.74) is 6.45. The van der Waals surface area contributed by atoms with Gasteiger partial charge in [0.2, 0.25) is 0 Å². The van der Waals surface area contributed by atoms with Crippen LogP contribution in [0.25, 0.3) is 0 Å². The molecule has 0 heterocycles. The molecule has 0 aliphatic heterocycles. The van der Waals surface area contributed by atoms with Gasteiger partial charge in [0.05, 0.1) is 16.8 Å². The summed E-state index contributed by atoms with van der Waals surface area (Å²) in [5, 5.41) is 3.98. The zero-order valence-corrected chi connectivity index (χ0v) is 20.9. The fourth-order valence-electron chi connectivity index (χ4n) is 3.18. The number of aryl methyl sites for hydroxylation is 3. The van der Waals surface area contributed by atoms with Crippen LogP contribution in [0, 0.1) is 20.8 Å². The van der Waals surface area contributed by atoms with Gasteiger partial charge in [-0.1, -0.05) is 36.4 Å². The fraction of sp³-hybridized carbons (Fsp3) is 0.185. The molecule has 3 aromatic carbocycles. The van der Waals surface area contributed by atoms with Crippen molar-refractivity contribution in [3.05, 3.63) is 102 Å². The molecule has 8 heteroatoms. The van der Waals surface area contributed by atoms with E-state index in [0.29, 0.717) is 18.0 Å². The van der Waals surface area contributed by atoms with E-state index in [1.807, 2.05) is 26.8 Å². The number of hydrogen-bond acceptors (Lipinski definition) is 5. The number of sulfonamides is 1. The lowest BCUT2D eigenvalue weighted by molar-refractivity contribution is -0.119. The van der Waals surface area contributed by atoms with Crippen LogP contribution in [0.3, 0.4) is 0 Å². The minimum atomic E-state index is -3.99. The number of ether oxygens (including phenoxy) is 1. The van der Waals surface area contributed by atoms with Crippen molar-refractivity contribution in [1.82, 2.24) is 5.43 Å². The van der Waals surface area contributed by atoms with E-state index >= 15 is 0 Å². The second-order valence-corrected chi connectivity index (χ2v) is 9.92. The summed E-state index contributed by atoms with van der Waals surface area (Å²) in [7, 11) is -3.99. The van der Waals surface area contributed by atoms with Crippen molar-refractivity contribution in [3.8, 4) is 5.75 Å². The third kappa shape index (κ3) is 6.80. The largest absolute Gasteiger partial charge is 0.490 e. The number of carbonyl (C=O) groups is 1. The van der Waals surface area contributed by atoms with E-state index in [1.54, 1.807) is 54.6 Å². The molecule has 0 aliphatic carbocycles. The molecule has 0 bridgehead atoms. The maximum Gasteiger partial charge on any atom is 0.264 e. The van der Waals surface area contributed by atoms with Crippen molar-refractivity contribution in [3.63, 3.8) is 0 Å². The molecule has 0 aliphatic rings. The van der Waals surface area contributed by atoms with E-state index < -0.39 is 22.5 Å². The molecule has 0 unspecified atom stereocenters. The van der Waals surface area contributed by atoms with Crippen LogP contribution in [0.2, 0.25) is 0 Å². The molecular weight excluding hydrogens is 462 g/mol. The Morgan fingerprint density at radius 1 is 1.00 bits per heavy atom. The first-order valence-electron chi connectivity index (χ1n) is 11.0. The molecule has 1 N–H and O–H groups in total. The fourth-order valence-corrected chi connectivity index (χ4v) is 4.60. The summed E-state index contributed by atoms with van der Waals surface area (Å²) >= 11 is 0. The molecule has 0 saturated heterocycles. The summed E-state index contributed by atoms with van der Waals surface area (Å²) in [6.45, 7) is 9.31. The number of carbonyl (C=O) groups excluding carboxylic acids is 1. The molecule has 0 saturated carbocycles. The molecule has 0 aromatic heterocycles. The summed E-state index contributed by atoms with van der Waals surface area (Å²) in [6, 6.07) is 19.0. The lowest BCUT2D eigenvalue weighted by Crippen LogP contribution is -2.39. The number of rotatable bonds is 10. The Labute approximate surface area is 206 Å². The van der Waals surface area contributed by atoms with Crippen molar-refractivity contribution in [2.45, 2.75) is 25.7 Å². The zero-order chi connectivity index (χ0) is 25.4. The maximum atomic E-state index is 13.5. The molecule has 35 heavy (non-hydrogen) atoms. The first-order valence-corrected chi connectivity index (χ1v) is 12.5. The third-order valence-corrected chi connectivity index (χ3v) is 7.11. The predicted molar refractivity (Wildman–Crippen MR) is 139 cm³/mol. The molecule has 0 atom stereocenters. The second-order valence-electron chi connectivity index (χ2n) is 8.06. The van der Waals surface area contributed by atoms with Gasteiger partial charge in [0, 0.05) is 0 Å². The van der Waals surface area contributed by atoms with Gasteiger partial charge in [0.1, 0.15) is 18.9 Å². The number of hydrazone groups is 1. The predicted octanol–water partition coefficient (Wildman–Crippen LogP) is 4.52. The van der Waals surface area contributed by atoms with Crippen LogP contribution in [-0.2, 0) is 14.8 Å². The average Bonchev–Trinajstić information content (AvgIpc) is 2.84. The average molecular weight is 492 g/mol. The highest BCUT2D eigenvalue weighted by Gasteiger charge is 2.27. The van der Waals surface area contributed by atoms with Crippen LogP contribution in [0.15, 0.2) is 89.4 Å². The maximum absolute atomic E-state index is 13.5. The van der Waals surface area contributed by atoms with Gasteiger partial charge >= 0.3 is 0 Å². The molecule has 0 radical (unpaired) electrons. The number of nitrogens with one attached hydrogen (secondary N) is 1. The number of hydrogen-bond donors (Lipinski definition) is 1. The summed E-state index contributed by atoms with van der Waals surface area (Å²) in [5.74, 6) is 0.123. The number of benzene rings is 3. The van der Waals surface area contributed by atoms with Crippen molar-refractivity contribution >= 4 is 27.8 Å². The van der Waals surface area contributed by atoms with Gasteiger partial charge in [0.15, 0.2) is 0 Å². The van der Waals surface area contributed by atoms with E-state index in [-0.39, 0.29) is 4.90 Å². The lowest BCUT2D eigenvalue weighted by Gasteiger charge is -2.24. The van der Waals surface area contributed by atoms with Crippen LogP contribution < -0.4 is 14.5 Å². The summed E-state index contributed by atoms with van der Waals surface area (Å²) < 4.78 is 33.5. The van der Waals surface area contributed by atoms with Gasteiger partial charge in [-0.05, 0) is 86.0 Å². The molecule has 3 rings (SSSR count). The van der Waals surface area contributed by atoms with Gasteiger partial charge in [-0.25, -0.2) is 13.8 Å². The Hall–Kier alpha value is -3.91. The SMILES string of the molecule is C=CCOc1ccc(/C=N\NC(=O)CN(c2ccc(C)c(C)c2)S(=O)(=O)c2ccc(C)cc2)cc1. The molecular formula is C27H29N3O4S. The molecule has 0 fully saturated rings. The van der Waals surface area contributed by atoms with Crippen LogP contribution in [-0.4, -0.2) is 33.7 Å². The Bertz CT molecular complexity index is 1320. The highest BCUT2D eigenvalue weighted by molar-refractivity contribution is 7.92. The van der Waals surface area contributed by atoms with Crippen molar-refractivity contribution in [2.24, 2.45) is 5.10 Å². The van der Waals surface area contributed by atoms with Crippen LogP contribution in [0.5, 0.6) is 5.75 Å². The quantitative estimate of drug-likeness (QED) is 0.257. The first kappa shape index (κ1) is 25.7. The summed E-state index contributed by atoms with van der Waals surface area (Å²) in [4.78, 5) is 12.8. The van der Waals surface area contributed by atoms with Crippen molar-refractivity contribution in [1.29, 1.82) is 0 Å². The Morgan fingerprint density at radius 3 is 2.31 bits per heavy atom. The van der Waals surface area contributed by atoms with E-state index in [9.17, 15) is 13.2 Å². The summed E-state index contributed by atoms with van der Waals surface area (Å²) in [6.07, 6.45) is 3.13. The Morgan fingerprint density at radius 2 is 1.69 bits per heavy atom. The molecule has 182 valence electrons. The molecule has 3 aromatic rings. The standard InChI is InChI=1S/C27H29N3O4S/c1-5-16-34-25-12-9-23(10-13-25)18-28-29-27(31)19-30(24-11-8-21(3)22(4)17-24)35(32,33)26-14-6-20(2)7-15-26/h5-15,17-18H,1,16,19H2,2-4H3,(H,29,31)/b28-18-. The normalized spacial score (nSPS) is 11.3. The molecule has 1 amide bonds. The van der Waals surface area contributed by atoms with E-state index in [2.05, 4.69) is 17.1 Å². The van der Waals surface area contributed by atoms with Crippen molar-refractivity contribution in [2.75, 3.05) is 17.5 Å². The van der Waals surface area contributed by atoms with Gasteiger partial charge < -0.3 is 4.74 Å². The molecule has 7 nitrogen and oxygen atoms in total. The Kier molecular flexibility index (Phi) is 8.43. The van der Waals surface area contributed by atoms with Crippen LogP contribution in [0.1, 0.15) is 22.3 Å². The van der Waals surface area contributed by atoms with Gasteiger partial charge in [0.25, 0.3) is 15.9 Å². The number of amides is 1. The van der Waals surface area contributed by atoms with Gasteiger partial charge in [-0.15, -0.1) is 0 Å². The van der Waals surface area contributed by atoms with Crippen LogP contribution in [0.4, 0.5) is 5.69 Å². The monoisotopic (exact) mass is 491 g/mol. The van der Waals surface area contributed by atoms with Gasteiger partial charge in [-0.2, -0.15) is 5.10 Å². The minimum absolute atomic E-state index is 0.108. The van der Waals surface area contributed by atoms with E-state index in [1.165, 1.54) is 18.3 Å². The van der Waals surface area contributed by atoms with Crippen molar-refractivity contribution < 1.29 is 17.9 Å². The van der Waals surface area contributed by atoms with Gasteiger partial charge in [-0.3, -0.25) is 9.10 Å².